The molecule has 0 atom stereocenters. The maximum Gasteiger partial charge on any atom is 0.271 e. The van der Waals surface area contributed by atoms with Gasteiger partial charge in [-0.1, -0.05) is 0 Å². The van der Waals surface area contributed by atoms with Gasteiger partial charge in [-0.05, 0) is 68.4 Å². The number of halogens is 1. The largest absolute Gasteiger partial charge is 0.457 e. The van der Waals surface area contributed by atoms with Crippen molar-refractivity contribution in [3.8, 4) is 28.3 Å². The lowest BCUT2D eigenvalue weighted by Crippen LogP contribution is -2.32. The number of aromatic nitrogens is 5. The van der Waals surface area contributed by atoms with Crippen LogP contribution in [0.4, 0.5) is 10.1 Å². The molecular weight excluding hydrogens is 487 g/mol. The molecule has 0 bridgehead atoms. The number of carbonyl (C=O) groups is 1. The van der Waals surface area contributed by atoms with E-state index in [2.05, 4.69) is 20.4 Å². The summed E-state index contributed by atoms with van der Waals surface area (Å²) in [6.07, 6.45) is 6.95. The molecule has 0 aliphatic heterocycles. The van der Waals surface area contributed by atoms with E-state index in [1.54, 1.807) is 67.5 Å². The standard InChI is InChI=1S/C28H23FN6O3/c1-17-26(28(37)35(18(2)32-17)22-8-4-20(29)5-9-22)27(36)33-21-6-10-23(11-7-21)38-25-12-13-30-15-24(25)19-14-31-34(3)16-19/h4-16H,1-3H3,(H,33,36). The van der Waals surface area contributed by atoms with Crippen LogP contribution < -0.4 is 15.6 Å². The van der Waals surface area contributed by atoms with Crippen molar-refractivity contribution < 1.29 is 13.9 Å². The van der Waals surface area contributed by atoms with Crippen LogP contribution in [0.1, 0.15) is 21.9 Å². The summed E-state index contributed by atoms with van der Waals surface area (Å²) in [6.45, 7) is 3.25. The van der Waals surface area contributed by atoms with Crippen molar-refractivity contribution >= 4 is 11.6 Å². The molecule has 3 aromatic heterocycles. The van der Waals surface area contributed by atoms with Gasteiger partial charge < -0.3 is 10.1 Å². The summed E-state index contributed by atoms with van der Waals surface area (Å²) >= 11 is 0. The predicted octanol–water partition coefficient (Wildman–Crippen LogP) is 4.83. The summed E-state index contributed by atoms with van der Waals surface area (Å²) in [6, 6.07) is 13.9. The van der Waals surface area contributed by atoms with Gasteiger partial charge in [-0.15, -0.1) is 0 Å². The van der Waals surface area contributed by atoms with Crippen LogP contribution in [0.5, 0.6) is 11.5 Å². The summed E-state index contributed by atoms with van der Waals surface area (Å²) in [5.41, 5.74) is 2.20. The van der Waals surface area contributed by atoms with E-state index in [1.807, 2.05) is 13.2 Å². The van der Waals surface area contributed by atoms with Crippen molar-refractivity contribution in [2.75, 3.05) is 5.32 Å². The second-order valence-electron chi connectivity index (χ2n) is 8.59. The summed E-state index contributed by atoms with van der Waals surface area (Å²) in [5, 5.41) is 6.95. The van der Waals surface area contributed by atoms with Gasteiger partial charge in [0.15, 0.2) is 0 Å². The average molecular weight is 511 g/mol. The van der Waals surface area contributed by atoms with E-state index < -0.39 is 17.3 Å². The van der Waals surface area contributed by atoms with E-state index in [0.717, 1.165) is 11.1 Å². The number of hydrogen-bond donors (Lipinski definition) is 1. The Morgan fingerprint density at radius 1 is 1.00 bits per heavy atom. The Morgan fingerprint density at radius 2 is 1.74 bits per heavy atom. The van der Waals surface area contributed by atoms with Crippen LogP contribution >= 0.6 is 0 Å². The molecular formula is C28H23FN6O3. The number of hydrogen-bond acceptors (Lipinski definition) is 6. The molecule has 2 aromatic carbocycles. The minimum absolute atomic E-state index is 0.0989. The van der Waals surface area contributed by atoms with Gasteiger partial charge in [-0.2, -0.15) is 5.10 Å². The zero-order valence-electron chi connectivity index (χ0n) is 20.8. The van der Waals surface area contributed by atoms with E-state index in [9.17, 15) is 14.0 Å². The fourth-order valence-corrected chi connectivity index (χ4v) is 4.09. The van der Waals surface area contributed by atoms with Gasteiger partial charge in [0.2, 0.25) is 0 Å². The molecule has 190 valence electrons. The Kier molecular flexibility index (Phi) is 6.53. The SMILES string of the molecule is Cc1nc(C)n(-c2ccc(F)cc2)c(=O)c1C(=O)Nc1ccc(Oc2ccncc2-c2cnn(C)c2)cc1. The maximum atomic E-state index is 13.4. The lowest BCUT2D eigenvalue weighted by atomic mass is 10.1. The molecule has 0 aliphatic rings. The molecule has 0 saturated heterocycles. The molecule has 0 spiro atoms. The van der Waals surface area contributed by atoms with Crippen molar-refractivity contribution in [2.45, 2.75) is 13.8 Å². The molecule has 5 aromatic rings. The summed E-state index contributed by atoms with van der Waals surface area (Å²) < 4.78 is 22.4. The van der Waals surface area contributed by atoms with Crippen molar-refractivity contribution in [3.05, 3.63) is 113 Å². The Morgan fingerprint density at radius 3 is 2.42 bits per heavy atom. The van der Waals surface area contributed by atoms with Crippen LogP contribution in [-0.4, -0.2) is 30.2 Å². The molecule has 3 heterocycles. The smallest absolute Gasteiger partial charge is 0.271 e. The molecule has 0 aliphatic carbocycles. The summed E-state index contributed by atoms with van der Waals surface area (Å²) in [5.74, 6) is 0.511. The third-order valence-electron chi connectivity index (χ3n) is 5.88. The first-order valence-corrected chi connectivity index (χ1v) is 11.7. The van der Waals surface area contributed by atoms with Crippen molar-refractivity contribution in [3.63, 3.8) is 0 Å². The van der Waals surface area contributed by atoms with Gasteiger partial charge in [0.1, 0.15) is 28.7 Å². The normalized spacial score (nSPS) is 10.8. The second kappa shape index (κ2) is 10.1. The molecule has 38 heavy (non-hydrogen) atoms. The fraction of sp³-hybridized carbons (Fsp3) is 0.107. The number of aryl methyl sites for hydroxylation is 3. The Hall–Kier alpha value is -5.12. The first-order chi connectivity index (χ1) is 18.3. The average Bonchev–Trinajstić information content (AvgIpc) is 3.32. The van der Waals surface area contributed by atoms with Crippen LogP contribution in [0.15, 0.2) is 84.2 Å². The Balaban J connectivity index is 1.37. The van der Waals surface area contributed by atoms with Gasteiger partial charge in [0.25, 0.3) is 11.5 Å². The van der Waals surface area contributed by atoms with Crippen LogP contribution in [-0.2, 0) is 7.05 Å². The highest BCUT2D eigenvalue weighted by Crippen LogP contribution is 2.32. The fourth-order valence-electron chi connectivity index (χ4n) is 4.09. The van der Waals surface area contributed by atoms with E-state index in [4.69, 9.17) is 4.74 Å². The van der Waals surface area contributed by atoms with Gasteiger partial charge in [-0.25, -0.2) is 9.37 Å². The summed E-state index contributed by atoms with van der Waals surface area (Å²) in [7, 11) is 1.83. The van der Waals surface area contributed by atoms with E-state index >= 15 is 0 Å². The predicted molar refractivity (Wildman–Crippen MR) is 140 cm³/mol. The van der Waals surface area contributed by atoms with Gasteiger partial charge >= 0.3 is 0 Å². The highest BCUT2D eigenvalue weighted by Gasteiger charge is 2.20. The molecule has 0 fully saturated rings. The highest BCUT2D eigenvalue weighted by molar-refractivity contribution is 6.04. The number of amides is 1. The zero-order valence-corrected chi connectivity index (χ0v) is 20.8. The number of nitrogens with one attached hydrogen (secondary N) is 1. The zero-order chi connectivity index (χ0) is 26.8. The molecule has 0 radical (unpaired) electrons. The molecule has 9 nitrogen and oxygen atoms in total. The number of rotatable bonds is 6. The van der Waals surface area contributed by atoms with Crippen molar-refractivity contribution in [1.82, 2.24) is 24.3 Å². The van der Waals surface area contributed by atoms with Gasteiger partial charge in [0, 0.05) is 42.5 Å². The molecule has 5 rings (SSSR count). The lowest BCUT2D eigenvalue weighted by molar-refractivity contribution is 0.102. The van der Waals surface area contributed by atoms with E-state index in [-0.39, 0.29) is 5.56 Å². The minimum atomic E-state index is -0.600. The van der Waals surface area contributed by atoms with Crippen LogP contribution in [0.3, 0.4) is 0 Å². The molecule has 1 amide bonds. The minimum Gasteiger partial charge on any atom is -0.457 e. The number of ether oxygens (including phenoxy) is 1. The number of anilines is 1. The number of carbonyl (C=O) groups excluding carboxylic acids is 1. The number of benzene rings is 2. The first-order valence-electron chi connectivity index (χ1n) is 11.7. The first kappa shape index (κ1) is 24.6. The molecule has 0 unspecified atom stereocenters. The van der Waals surface area contributed by atoms with Gasteiger partial charge in [-0.3, -0.25) is 23.8 Å². The third-order valence-corrected chi connectivity index (χ3v) is 5.88. The maximum absolute atomic E-state index is 13.4. The third kappa shape index (κ3) is 4.92. The Bertz CT molecular complexity index is 1690. The topological polar surface area (TPSA) is 104 Å². The van der Waals surface area contributed by atoms with Crippen LogP contribution in [0.25, 0.3) is 16.8 Å². The monoisotopic (exact) mass is 510 g/mol. The number of nitrogens with zero attached hydrogens (tertiary/aromatic N) is 5. The van der Waals surface area contributed by atoms with Crippen LogP contribution in [0.2, 0.25) is 0 Å². The second-order valence-corrected chi connectivity index (χ2v) is 8.59. The lowest BCUT2D eigenvalue weighted by Gasteiger charge is -2.14. The summed E-state index contributed by atoms with van der Waals surface area (Å²) in [4.78, 5) is 34.9. The van der Waals surface area contributed by atoms with Crippen molar-refractivity contribution in [2.24, 2.45) is 7.05 Å². The molecule has 10 heteroatoms. The molecule has 0 saturated carbocycles. The number of pyridine rings is 1. The molecule has 1 N–H and O–H groups in total. The van der Waals surface area contributed by atoms with E-state index in [0.29, 0.717) is 34.4 Å². The Labute approximate surface area is 217 Å². The van der Waals surface area contributed by atoms with Crippen molar-refractivity contribution in [1.29, 1.82) is 0 Å². The van der Waals surface area contributed by atoms with Gasteiger partial charge in [0.05, 0.1) is 17.6 Å². The highest BCUT2D eigenvalue weighted by atomic mass is 19.1. The quantitative estimate of drug-likeness (QED) is 0.351. The van der Waals surface area contributed by atoms with E-state index in [1.165, 1.54) is 28.8 Å². The van der Waals surface area contributed by atoms with Crippen LogP contribution in [0, 0.1) is 19.7 Å².